The first kappa shape index (κ1) is 20.8. The molecule has 5 heteroatoms. The number of aromatic carboxylic acids is 1. The average Bonchev–Trinajstić information content (AvgIpc) is 3.40. The van der Waals surface area contributed by atoms with Crippen LogP contribution < -0.4 is 0 Å². The number of hydrogen-bond acceptors (Lipinski definition) is 3. The van der Waals surface area contributed by atoms with Gasteiger partial charge in [0.1, 0.15) is 0 Å². The van der Waals surface area contributed by atoms with Gasteiger partial charge >= 0.3 is 5.97 Å². The van der Waals surface area contributed by atoms with Gasteiger partial charge in [0.2, 0.25) is 0 Å². The van der Waals surface area contributed by atoms with Crippen LogP contribution in [0.4, 0.5) is 0 Å². The van der Waals surface area contributed by atoms with Crippen molar-refractivity contribution in [3.8, 4) is 5.69 Å². The number of nitrogens with zero attached hydrogens (tertiary/aromatic N) is 3. The highest BCUT2D eigenvalue weighted by Crippen LogP contribution is 2.38. The number of rotatable bonds is 5. The van der Waals surface area contributed by atoms with Gasteiger partial charge in [-0.25, -0.2) is 14.5 Å². The largest absolute Gasteiger partial charge is 0.478 e. The lowest BCUT2D eigenvalue weighted by Crippen LogP contribution is -2.07. The molecule has 2 heterocycles. The van der Waals surface area contributed by atoms with Gasteiger partial charge < -0.3 is 5.11 Å². The van der Waals surface area contributed by atoms with E-state index in [1.54, 1.807) is 4.68 Å². The van der Waals surface area contributed by atoms with Crippen LogP contribution in [0.1, 0.15) is 33.0 Å². The summed E-state index contributed by atoms with van der Waals surface area (Å²) in [7, 11) is 0. The maximum absolute atomic E-state index is 11.5. The lowest BCUT2D eigenvalue weighted by atomic mass is 9.83. The molecule has 168 valence electrons. The molecule has 0 aliphatic rings. The highest BCUT2D eigenvalue weighted by Gasteiger charge is 2.21. The van der Waals surface area contributed by atoms with Gasteiger partial charge in [-0.05, 0) is 41.0 Å². The molecule has 5 nitrogen and oxygen atoms in total. The lowest BCUT2D eigenvalue weighted by Gasteiger charge is -2.22. The SMILES string of the molecule is O=C(O)c1cnn(-c2cc(C(c3ccccc3)c3ccccc3)c3cc4ccccc4nc3c2)c1. The highest BCUT2D eigenvalue weighted by atomic mass is 16.4. The zero-order chi connectivity index (χ0) is 23.8. The molecule has 0 amide bonds. The van der Waals surface area contributed by atoms with Crippen LogP contribution >= 0.6 is 0 Å². The van der Waals surface area contributed by atoms with E-state index in [0.717, 1.165) is 44.2 Å². The lowest BCUT2D eigenvalue weighted by molar-refractivity contribution is 0.0697. The van der Waals surface area contributed by atoms with E-state index in [4.69, 9.17) is 4.98 Å². The molecule has 0 aliphatic carbocycles. The van der Waals surface area contributed by atoms with E-state index >= 15 is 0 Å². The van der Waals surface area contributed by atoms with E-state index in [-0.39, 0.29) is 11.5 Å². The summed E-state index contributed by atoms with van der Waals surface area (Å²) >= 11 is 0. The molecule has 35 heavy (non-hydrogen) atoms. The Morgan fingerprint density at radius 2 is 1.43 bits per heavy atom. The van der Waals surface area contributed by atoms with Gasteiger partial charge in [0, 0.05) is 22.9 Å². The zero-order valence-electron chi connectivity index (χ0n) is 18.7. The first-order chi connectivity index (χ1) is 17.2. The molecule has 0 spiro atoms. The van der Waals surface area contributed by atoms with Crippen molar-refractivity contribution in [2.24, 2.45) is 0 Å². The number of pyridine rings is 1. The quantitative estimate of drug-likeness (QED) is 0.240. The van der Waals surface area contributed by atoms with Crippen molar-refractivity contribution in [2.45, 2.75) is 5.92 Å². The highest BCUT2D eigenvalue weighted by molar-refractivity contribution is 5.96. The summed E-state index contributed by atoms with van der Waals surface area (Å²) in [5.74, 6) is -1.05. The second kappa shape index (κ2) is 8.54. The van der Waals surface area contributed by atoms with Crippen LogP contribution in [0.3, 0.4) is 0 Å². The molecule has 0 saturated heterocycles. The van der Waals surface area contributed by atoms with Gasteiger partial charge in [0.15, 0.2) is 0 Å². The van der Waals surface area contributed by atoms with Crippen LogP contribution in [-0.2, 0) is 0 Å². The van der Waals surface area contributed by atoms with Gasteiger partial charge in [-0.2, -0.15) is 5.10 Å². The summed E-state index contributed by atoms with van der Waals surface area (Å²) in [4.78, 5) is 16.5. The van der Waals surface area contributed by atoms with Crippen molar-refractivity contribution in [2.75, 3.05) is 0 Å². The first-order valence-electron chi connectivity index (χ1n) is 11.4. The Balaban J connectivity index is 1.68. The predicted octanol–water partition coefficient (Wildman–Crippen LogP) is 6.45. The van der Waals surface area contributed by atoms with Crippen LogP contribution in [0, 0.1) is 0 Å². The average molecular weight is 456 g/mol. The summed E-state index contributed by atoms with van der Waals surface area (Å²) in [6.07, 6.45) is 2.90. The van der Waals surface area contributed by atoms with Gasteiger partial charge in [0.25, 0.3) is 0 Å². The van der Waals surface area contributed by atoms with Crippen LogP contribution in [0.25, 0.3) is 27.5 Å². The van der Waals surface area contributed by atoms with Crippen molar-refractivity contribution in [3.63, 3.8) is 0 Å². The molecule has 0 radical (unpaired) electrons. The van der Waals surface area contributed by atoms with Crippen molar-refractivity contribution in [1.82, 2.24) is 14.8 Å². The molecular formula is C30H21N3O2. The molecule has 0 bridgehead atoms. The molecule has 6 rings (SSSR count). The third kappa shape index (κ3) is 3.83. The summed E-state index contributed by atoms with van der Waals surface area (Å²) < 4.78 is 1.61. The monoisotopic (exact) mass is 455 g/mol. The Morgan fingerprint density at radius 1 is 0.771 bits per heavy atom. The van der Waals surface area contributed by atoms with E-state index in [2.05, 4.69) is 71.8 Å². The van der Waals surface area contributed by atoms with Crippen molar-refractivity contribution in [1.29, 1.82) is 0 Å². The number of fused-ring (bicyclic) bond motifs is 2. The van der Waals surface area contributed by atoms with Crippen LogP contribution in [0.2, 0.25) is 0 Å². The van der Waals surface area contributed by atoms with Crippen LogP contribution in [-0.4, -0.2) is 25.8 Å². The summed E-state index contributed by atoms with van der Waals surface area (Å²) in [5, 5.41) is 15.9. The Hall–Kier alpha value is -4.77. The van der Waals surface area contributed by atoms with E-state index in [0.29, 0.717) is 0 Å². The third-order valence-corrected chi connectivity index (χ3v) is 6.32. The fourth-order valence-corrected chi connectivity index (χ4v) is 4.68. The topological polar surface area (TPSA) is 68.0 Å². The Labute approximate surface area is 201 Å². The fraction of sp³-hybridized carbons (Fsp3) is 0.0333. The number of carboxylic acids is 1. The van der Waals surface area contributed by atoms with Gasteiger partial charge in [-0.1, -0.05) is 78.9 Å². The molecule has 0 aliphatic heterocycles. The molecule has 0 fully saturated rings. The number of hydrogen-bond donors (Lipinski definition) is 1. The van der Waals surface area contributed by atoms with Crippen LogP contribution in [0.5, 0.6) is 0 Å². The smallest absolute Gasteiger partial charge is 0.338 e. The minimum Gasteiger partial charge on any atom is -0.478 e. The van der Waals surface area contributed by atoms with E-state index < -0.39 is 5.97 Å². The Bertz CT molecular complexity index is 1640. The number of aromatic nitrogens is 3. The summed E-state index contributed by atoms with van der Waals surface area (Å²) in [6, 6.07) is 35.2. The molecule has 0 saturated carbocycles. The molecular weight excluding hydrogens is 434 g/mol. The second-order valence-electron chi connectivity index (χ2n) is 8.52. The van der Waals surface area contributed by atoms with Crippen molar-refractivity contribution < 1.29 is 9.90 Å². The number of para-hydroxylation sites is 1. The number of carboxylic acid groups (broad SMARTS) is 1. The zero-order valence-corrected chi connectivity index (χ0v) is 18.7. The van der Waals surface area contributed by atoms with Gasteiger partial charge in [-0.15, -0.1) is 0 Å². The molecule has 0 unspecified atom stereocenters. The molecule has 1 N–H and O–H groups in total. The van der Waals surface area contributed by atoms with Gasteiger partial charge in [-0.3, -0.25) is 0 Å². The summed E-state index contributed by atoms with van der Waals surface area (Å²) in [6.45, 7) is 0. The molecule has 6 aromatic rings. The fourth-order valence-electron chi connectivity index (χ4n) is 4.68. The van der Waals surface area contributed by atoms with E-state index in [1.807, 2.05) is 36.4 Å². The second-order valence-corrected chi connectivity index (χ2v) is 8.52. The van der Waals surface area contributed by atoms with Crippen LogP contribution in [0.15, 0.2) is 116 Å². The first-order valence-corrected chi connectivity index (χ1v) is 11.4. The molecule has 0 atom stereocenters. The Morgan fingerprint density at radius 3 is 2.09 bits per heavy atom. The van der Waals surface area contributed by atoms with E-state index in [9.17, 15) is 9.90 Å². The number of carbonyl (C=O) groups is 1. The van der Waals surface area contributed by atoms with Gasteiger partial charge in [0.05, 0.1) is 28.5 Å². The Kier molecular flexibility index (Phi) is 5.08. The predicted molar refractivity (Wildman–Crippen MR) is 137 cm³/mol. The third-order valence-electron chi connectivity index (χ3n) is 6.32. The normalized spacial score (nSPS) is 11.3. The van der Waals surface area contributed by atoms with E-state index in [1.165, 1.54) is 12.4 Å². The number of benzene rings is 4. The minimum absolute atomic E-state index is 0.0441. The maximum atomic E-state index is 11.5. The standard InChI is InChI=1S/C30H21N3O2/c34-30(35)23-18-31-33(19-23)24-16-26(25-15-22-13-7-8-14-27(22)32-28(25)17-24)29(20-9-3-1-4-10-20)21-11-5-2-6-12-21/h1-19,29H,(H,34,35). The minimum atomic E-state index is -1.01. The molecule has 4 aromatic carbocycles. The van der Waals surface area contributed by atoms with Crippen molar-refractivity contribution in [3.05, 3.63) is 138 Å². The van der Waals surface area contributed by atoms with Crippen molar-refractivity contribution >= 4 is 27.8 Å². The maximum Gasteiger partial charge on any atom is 0.338 e. The summed E-state index contributed by atoms with van der Waals surface area (Å²) in [5.41, 5.74) is 6.06. The molecule has 2 aromatic heterocycles.